The number of nitrogens with one attached hydrogen (secondary N) is 3. The number of ether oxygens (including phenoxy) is 2. The van der Waals surface area contributed by atoms with Gasteiger partial charge in [0.05, 0.1) is 31.0 Å². The first kappa shape index (κ1) is 19.1. The van der Waals surface area contributed by atoms with Crippen LogP contribution >= 0.6 is 11.3 Å². The Labute approximate surface area is 161 Å². The molecule has 1 fully saturated rings. The molecule has 2 aromatic rings. The number of thiazole rings is 1. The highest BCUT2D eigenvalue weighted by atomic mass is 32.1. The second kappa shape index (κ2) is 9.33. The van der Waals surface area contributed by atoms with E-state index in [1.54, 1.807) is 23.6 Å². The Bertz CT molecular complexity index is 789. The molecule has 0 spiro atoms. The van der Waals surface area contributed by atoms with Gasteiger partial charge in [-0.15, -0.1) is 11.3 Å². The number of hydrogen-bond acceptors (Lipinski definition) is 6. The summed E-state index contributed by atoms with van der Waals surface area (Å²) in [5.74, 6) is 0.455. The topological polar surface area (TPSA) is 102 Å². The fraction of sp³-hybridized carbons (Fsp3) is 0.389. The number of rotatable bonds is 7. The Balaban J connectivity index is 1.47. The predicted octanol–water partition coefficient (Wildman–Crippen LogP) is 2.63. The monoisotopic (exact) mass is 390 g/mol. The van der Waals surface area contributed by atoms with Crippen molar-refractivity contribution in [2.24, 2.45) is 0 Å². The van der Waals surface area contributed by atoms with Crippen LogP contribution in [0.25, 0.3) is 0 Å². The average molecular weight is 390 g/mol. The number of urea groups is 1. The summed E-state index contributed by atoms with van der Waals surface area (Å²) in [5, 5.41) is 10.4. The lowest BCUT2D eigenvalue weighted by atomic mass is 10.2. The number of anilines is 2. The van der Waals surface area contributed by atoms with Gasteiger partial charge in [0.1, 0.15) is 5.75 Å². The lowest BCUT2D eigenvalue weighted by molar-refractivity contribution is -0.121. The number of amides is 3. The largest absolute Gasteiger partial charge is 0.495 e. The Morgan fingerprint density at radius 1 is 1.33 bits per heavy atom. The van der Waals surface area contributed by atoms with Gasteiger partial charge < -0.3 is 20.1 Å². The van der Waals surface area contributed by atoms with E-state index in [-0.39, 0.29) is 18.4 Å². The first-order chi connectivity index (χ1) is 13.1. The number of para-hydroxylation sites is 2. The van der Waals surface area contributed by atoms with Crippen molar-refractivity contribution in [2.75, 3.05) is 30.9 Å². The highest BCUT2D eigenvalue weighted by Gasteiger charge is 2.17. The second-order valence-electron chi connectivity index (χ2n) is 6.04. The van der Waals surface area contributed by atoms with E-state index in [1.165, 1.54) is 18.4 Å². The Hall–Kier alpha value is -2.65. The van der Waals surface area contributed by atoms with Gasteiger partial charge in [0.2, 0.25) is 5.91 Å². The highest BCUT2D eigenvalue weighted by molar-refractivity contribution is 7.14. The maximum absolute atomic E-state index is 12.1. The third-order valence-electron chi connectivity index (χ3n) is 4.02. The number of nitrogens with zero attached hydrogens (tertiary/aromatic N) is 1. The number of benzene rings is 1. The smallest absolute Gasteiger partial charge is 0.325 e. The molecule has 9 heteroatoms. The minimum Gasteiger partial charge on any atom is -0.495 e. The summed E-state index contributed by atoms with van der Waals surface area (Å²) >= 11 is 1.26. The van der Waals surface area contributed by atoms with Gasteiger partial charge in [-0.05, 0) is 25.0 Å². The Kier molecular flexibility index (Phi) is 6.61. The van der Waals surface area contributed by atoms with E-state index in [4.69, 9.17) is 9.47 Å². The van der Waals surface area contributed by atoms with Crippen LogP contribution in [0.4, 0.5) is 15.6 Å². The summed E-state index contributed by atoms with van der Waals surface area (Å²) in [4.78, 5) is 28.4. The molecule has 1 atom stereocenters. The first-order valence-electron chi connectivity index (χ1n) is 8.68. The molecule has 1 aromatic carbocycles. The number of carbonyl (C=O) groups is 2. The standard InChI is InChI=1S/C18H22N4O4S/c1-25-15-7-3-2-6-14(15)21-17(24)22-18-20-12(11-27-18)9-16(23)19-10-13-5-4-8-26-13/h2-3,6-7,11,13H,4-5,8-10H2,1H3,(H,19,23)(H2,20,21,22,24). The molecule has 3 rings (SSSR count). The lowest BCUT2D eigenvalue weighted by Gasteiger charge is -2.10. The zero-order valence-corrected chi connectivity index (χ0v) is 15.8. The molecule has 0 bridgehead atoms. The predicted molar refractivity (Wildman–Crippen MR) is 103 cm³/mol. The van der Waals surface area contributed by atoms with Crippen molar-refractivity contribution in [3.8, 4) is 5.75 Å². The Morgan fingerprint density at radius 2 is 2.19 bits per heavy atom. The van der Waals surface area contributed by atoms with Crippen LogP contribution in [0, 0.1) is 0 Å². The van der Waals surface area contributed by atoms with Gasteiger partial charge in [-0.2, -0.15) is 0 Å². The fourth-order valence-electron chi connectivity index (χ4n) is 2.70. The van der Waals surface area contributed by atoms with Crippen molar-refractivity contribution in [1.82, 2.24) is 10.3 Å². The molecule has 1 aliphatic heterocycles. The SMILES string of the molecule is COc1ccccc1NC(=O)Nc1nc(CC(=O)NCC2CCCO2)cs1. The minimum atomic E-state index is -0.428. The molecular formula is C18H22N4O4S. The summed E-state index contributed by atoms with van der Waals surface area (Å²) in [7, 11) is 1.54. The minimum absolute atomic E-state index is 0.110. The van der Waals surface area contributed by atoms with Crippen LogP contribution in [0.5, 0.6) is 5.75 Å². The molecule has 144 valence electrons. The quantitative estimate of drug-likeness (QED) is 0.675. The van der Waals surface area contributed by atoms with Crippen molar-refractivity contribution < 1.29 is 19.1 Å². The van der Waals surface area contributed by atoms with E-state index < -0.39 is 6.03 Å². The Morgan fingerprint density at radius 3 is 2.96 bits per heavy atom. The number of methoxy groups -OCH3 is 1. The number of hydrogen-bond donors (Lipinski definition) is 3. The van der Waals surface area contributed by atoms with E-state index in [0.717, 1.165) is 19.4 Å². The summed E-state index contributed by atoms with van der Waals surface area (Å²) in [6, 6.07) is 6.69. The molecular weight excluding hydrogens is 368 g/mol. The zero-order valence-electron chi connectivity index (χ0n) is 15.0. The van der Waals surface area contributed by atoms with Gasteiger partial charge >= 0.3 is 6.03 Å². The van der Waals surface area contributed by atoms with Crippen LogP contribution in [0.15, 0.2) is 29.6 Å². The van der Waals surface area contributed by atoms with Gasteiger partial charge in [0, 0.05) is 18.5 Å². The number of aromatic nitrogens is 1. The molecule has 0 saturated carbocycles. The van der Waals surface area contributed by atoms with Gasteiger partial charge in [0.25, 0.3) is 0 Å². The van der Waals surface area contributed by atoms with Crippen LogP contribution in [0.2, 0.25) is 0 Å². The third-order valence-corrected chi connectivity index (χ3v) is 4.83. The highest BCUT2D eigenvalue weighted by Crippen LogP contribution is 2.23. The van der Waals surface area contributed by atoms with Crippen molar-refractivity contribution in [1.29, 1.82) is 0 Å². The van der Waals surface area contributed by atoms with Crippen LogP contribution in [-0.2, 0) is 16.0 Å². The van der Waals surface area contributed by atoms with Crippen molar-refractivity contribution in [3.05, 3.63) is 35.3 Å². The fourth-order valence-corrected chi connectivity index (χ4v) is 3.41. The van der Waals surface area contributed by atoms with Crippen molar-refractivity contribution in [2.45, 2.75) is 25.4 Å². The first-order valence-corrected chi connectivity index (χ1v) is 9.55. The van der Waals surface area contributed by atoms with Crippen molar-refractivity contribution >= 4 is 34.1 Å². The molecule has 0 aliphatic carbocycles. The van der Waals surface area contributed by atoms with Crippen molar-refractivity contribution in [3.63, 3.8) is 0 Å². The van der Waals surface area contributed by atoms with E-state index >= 15 is 0 Å². The van der Waals surface area contributed by atoms with Gasteiger partial charge in [-0.3, -0.25) is 10.1 Å². The maximum Gasteiger partial charge on any atom is 0.325 e. The summed E-state index contributed by atoms with van der Waals surface area (Å²) in [5.41, 5.74) is 1.17. The molecule has 1 aliphatic rings. The molecule has 1 saturated heterocycles. The maximum atomic E-state index is 12.1. The van der Waals surface area contributed by atoms with E-state index in [2.05, 4.69) is 20.9 Å². The van der Waals surface area contributed by atoms with Gasteiger partial charge in [-0.1, -0.05) is 12.1 Å². The lowest BCUT2D eigenvalue weighted by Crippen LogP contribution is -2.32. The van der Waals surface area contributed by atoms with E-state index in [1.807, 2.05) is 6.07 Å². The van der Waals surface area contributed by atoms with Crippen LogP contribution in [0.1, 0.15) is 18.5 Å². The van der Waals surface area contributed by atoms with Crippen LogP contribution in [0.3, 0.4) is 0 Å². The van der Waals surface area contributed by atoms with Gasteiger partial charge in [-0.25, -0.2) is 9.78 Å². The molecule has 1 aromatic heterocycles. The summed E-state index contributed by atoms with van der Waals surface area (Å²) in [6.45, 7) is 1.29. The number of carbonyl (C=O) groups excluding carboxylic acids is 2. The van der Waals surface area contributed by atoms with Crippen LogP contribution in [-0.4, -0.2) is 43.3 Å². The molecule has 2 heterocycles. The van der Waals surface area contributed by atoms with E-state index in [0.29, 0.717) is 28.8 Å². The normalized spacial score (nSPS) is 16.0. The van der Waals surface area contributed by atoms with E-state index in [9.17, 15) is 9.59 Å². The van der Waals surface area contributed by atoms with Gasteiger partial charge in [0.15, 0.2) is 5.13 Å². The molecule has 3 amide bonds. The molecule has 1 unspecified atom stereocenters. The molecule has 8 nitrogen and oxygen atoms in total. The van der Waals surface area contributed by atoms with Crippen LogP contribution < -0.4 is 20.7 Å². The summed E-state index contributed by atoms with van der Waals surface area (Å²) in [6.07, 6.45) is 2.30. The molecule has 3 N–H and O–H groups in total. The third kappa shape index (κ3) is 5.66. The summed E-state index contributed by atoms with van der Waals surface area (Å²) < 4.78 is 10.7. The second-order valence-corrected chi connectivity index (χ2v) is 6.90. The molecule has 27 heavy (non-hydrogen) atoms. The zero-order chi connectivity index (χ0) is 19.1. The molecule has 0 radical (unpaired) electrons. The average Bonchev–Trinajstić information content (AvgIpc) is 3.32.